The highest BCUT2D eigenvalue weighted by Crippen LogP contribution is 2.42. The molecule has 4 aromatic rings. The monoisotopic (exact) mass is 441 g/mol. The van der Waals surface area contributed by atoms with E-state index in [0.717, 1.165) is 32.8 Å². The lowest BCUT2D eigenvalue weighted by Gasteiger charge is -2.26. The molecule has 0 bridgehead atoms. The molecule has 1 atom stereocenters. The number of aliphatic hydroxyl groups excluding tert-OH is 1. The van der Waals surface area contributed by atoms with Crippen LogP contribution in [0.1, 0.15) is 11.1 Å². The Morgan fingerprint density at radius 1 is 0.909 bits per heavy atom. The fourth-order valence-electron chi connectivity index (χ4n) is 5.33. The summed E-state index contributed by atoms with van der Waals surface area (Å²) >= 11 is 0. The number of aliphatic hydroxyl groups is 1. The van der Waals surface area contributed by atoms with Crippen LogP contribution >= 0.6 is 0 Å². The van der Waals surface area contributed by atoms with Gasteiger partial charge in [0.05, 0.1) is 31.0 Å². The van der Waals surface area contributed by atoms with E-state index in [4.69, 9.17) is 4.74 Å². The first-order valence-corrected chi connectivity index (χ1v) is 12.0. The highest BCUT2D eigenvalue weighted by Gasteiger charge is 2.25. The summed E-state index contributed by atoms with van der Waals surface area (Å²) in [7, 11) is 0. The summed E-state index contributed by atoms with van der Waals surface area (Å²) < 4.78 is 7.87. The molecule has 1 fully saturated rings. The van der Waals surface area contributed by atoms with Crippen molar-refractivity contribution < 1.29 is 14.7 Å². The van der Waals surface area contributed by atoms with Crippen molar-refractivity contribution in [2.75, 3.05) is 32.8 Å². The van der Waals surface area contributed by atoms with Crippen LogP contribution in [0, 0.1) is 13.8 Å². The largest absolute Gasteiger partial charge is 0.385 e. The summed E-state index contributed by atoms with van der Waals surface area (Å²) in [6.07, 6.45) is -0.430. The number of rotatable bonds is 6. The van der Waals surface area contributed by atoms with Crippen LogP contribution in [-0.4, -0.2) is 48.6 Å². The van der Waals surface area contributed by atoms with Gasteiger partial charge in [-0.2, -0.15) is 0 Å². The number of aryl methyl sites for hydroxylation is 2. The highest BCUT2D eigenvalue weighted by atomic mass is 16.5. The number of benzene rings is 3. The van der Waals surface area contributed by atoms with Gasteiger partial charge in [0.1, 0.15) is 25.7 Å². The van der Waals surface area contributed by atoms with E-state index in [-0.39, 0.29) is 0 Å². The minimum Gasteiger partial charge on any atom is -0.385 e. The van der Waals surface area contributed by atoms with Gasteiger partial charge in [0.15, 0.2) is 0 Å². The van der Waals surface area contributed by atoms with Gasteiger partial charge in [-0.1, -0.05) is 72.3 Å². The van der Waals surface area contributed by atoms with Crippen LogP contribution in [-0.2, 0) is 11.3 Å². The molecular weight excluding hydrogens is 408 g/mol. The van der Waals surface area contributed by atoms with Crippen molar-refractivity contribution in [2.24, 2.45) is 0 Å². The first kappa shape index (κ1) is 21.9. The number of hydrogen-bond acceptors (Lipinski definition) is 2. The molecule has 2 N–H and O–H groups in total. The molecule has 1 aliphatic heterocycles. The lowest BCUT2D eigenvalue weighted by molar-refractivity contribution is -0.911. The molecule has 1 aliphatic rings. The number of hydrogen-bond donors (Lipinski definition) is 2. The van der Waals surface area contributed by atoms with Crippen molar-refractivity contribution in [3.8, 4) is 22.4 Å². The smallest absolute Gasteiger partial charge is 0.121 e. The average Bonchev–Trinajstić information content (AvgIpc) is 3.14. The molecule has 3 aromatic carbocycles. The van der Waals surface area contributed by atoms with Crippen LogP contribution in [0.4, 0.5) is 0 Å². The van der Waals surface area contributed by atoms with Gasteiger partial charge in [0.25, 0.3) is 0 Å². The van der Waals surface area contributed by atoms with E-state index in [2.05, 4.69) is 91.2 Å². The number of aromatic nitrogens is 1. The maximum absolute atomic E-state index is 11.2. The number of ether oxygens (including phenoxy) is 1. The summed E-state index contributed by atoms with van der Waals surface area (Å²) in [5.41, 5.74) is 8.53. The zero-order valence-electron chi connectivity index (χ0n) is 19.6. The molecule has 4 heteroatoms. The van der Waals surface area contributed by atoms with E-state index in [1.807, 2.05) is 0 Å². The summed E-state index contributed by atoms with van der Waals surface area (Å²) in [5, 5.41) is 12.5. The predicted molar refractivity (Wildman–Crippen MR) is 135 cm³/mol. The molecule has 0 aliphatic carbocycles. The molecular formula is C29H33N2O2+. The number of nitrogens with one attached hydrogen (secondary N) is 1. The van der Waals surface area contributed by atoms with Crippen molar-refractivity contribution in [3.05, 3.63) is 83.9 Å². The fourth-order valence-corrected chi connectivity index (χ4v) is 5.33. The molecule has 1 aromatic heterocycles. The summed E-state index contributed by atoms with van der Waals surface area (Å²) in [6.45, 7) is 9.14. The Hall–Kier alpha value is -2.92. The van der Waals surface area contributed by atoms with Gasteiger partial charge in [0, 0.05) is 10.9 Å². The Labute approximate surface area is 196 Å². The third-order valence-electron chi connectivity index (χ3n) is 6.72. The average molecular weight is 442 g/mol. The molecule has 4 nitrogen and oxygen atoms in total. The molecule has 5 rings (SSSR count). The van der Waals surface area contributed by atoms with Crippen LogP contribution in [0.3, 0.4) is 0 Å². The minimum atomic E-state index is -0.430. The van der Waals surface area contributed by atoms with E-state index in [9.17, 15) is 5.11 Å². The van der Waals surface area contributed by atoms with Gasteiger partial charge < -0.3 is 19.3 Å². The molecule has 0 amide bonds. The van der Waals surface area contributed by atoms with Crippen LogP contribution in [0.25, 0.3) is 33.3 Å². The third kappa shape index (κ3) is 4.47. The van der Waals surface area contributed by atoms with Crippen molar-refractivity contribution in [1.29, 1.82) is 0 Å². The molecule has 1 saturated heterocycles. The van der Waals surface area contributed by atoms with Gasteiger partial charge in [-0.15, -0.1) is 0 Å². The molecule has 33 heavy (non-hydrogen) atoms. The first-order valence-electron chi connectivity index (χ1n) is 12.0. The Bertz CT molecular complexity index is 1230. The second-order valence-electron chi connectivity index (χ2n) is 9.26. The number of nitrogens with zero attached hydrogens (tertiary/aromatic N) is 1. The van der Waals surface area contributed by atoms with Crippen molar-refractivity contribution in [3.63, 3.8) is 0 Å². The van der Waals surface area contributed by atoms with Gasteiger partial charge in [-0.3, -0.25) is 0 Å². The van der Waals surface area contributed by atoms with Gasteiger partial charge in [-0.05, 0) is 36.6 Å². The third-order valence-corrected chi connectivity index (χ3v) is 6.72. The molecule has 2 heterocycles. The van der Waals surface area contributed by atoms with Crippen molar-refractivity contribution in [1.82, 2.24) is 4.57 Å². The first-order chi connectivity index (χ1) is 16.1. The van der Waals surface area contributed by atoms with Gasteiger partial charge in [-0.25, -0.2) is 0 Å². The molecule has 0 radical (unpaired) electrons. The highest BCUT2D eigenvalue weighted by molar-refractivity contribution is 6.06. The van der Waals surface area contributed by atoms with E-state index in [0.29, 0.717) is 6.54 Å². The summed E-state index contributed by atoms with van der Waals surface area (Å²) in [4.78, 5) is 1.42. The summed E-state index contributed by atoms with van der Waals surface area (Å²) in [5.74, 6) is 0. The minimum absolute atomic E-state index is 0.430. The Morgan fingerprint density at radius 2 is 1.55 bits per heavy atom. The fraction of sp³-hybridized carbons (Fsp3) is 0.310. The molecule has 170 valence electrons. The molecule has 0 spiro atoms. The predicted octanol–water partition coefficient (Wildman–Crippen LogP) is 3.87. The van der Waals surface area contributed by atoms with E-state index >= 15 is 0 Å². The molecule has 0 unspecified atom stereocenters. The van der Waals surface area contributed by atoms with Crippen LogP contribution in [0.2, 0.25) is 0 Å². The Morgan fingerprint density at radius 3 is 2.21 bits per heavy atom. The Kier molecular flexibility index (Phi) is 6.32. The SMILES string of the molecule is Cc1cc(C)c2c(c1)c(-c1ccccc1)c(-c1ccccc1)n2C[C@H](O)C[NH+]1CCOCC1. The second kappa shape index (κ2) is 9.52. The normalized spacial score (nSPS) is 15.7. The van der Waals surface area contributed by atoms with Crippen LogP contribution in [0.5, 0.6) is 0 Å². The Balaban J connectivity index is 1.70. The zero-order valence-corrected chi connectivity index (χ0v) is 19.6. The zero-order chi connectivity index (χ0) is 22.8. The van der Waals surface area contributed by atoms with Gasteiger partial charge >= 0.3 is 0 Å². The number of fused-ring (bicyclic) bond motifs is 1. The van der Waals surface area contributed by atoms with Gasteiger partial charge in [0.2, 0.25) is 0 Å². The maximum Gasteiger partial charge on any atom is 0.121 e. The summed E-state index contributed by atoms with van der Waals surface area (Å²) in [6, 6.07) is 25.8. The van der Waals surface area contributed by atoms with Crippen molar-refractivity contribution in [2.45, 2.75) is 26.5 Å². The molecule has 0 saturated carbocycles. The lowest BCUT2D eigenvalue weighted by Crippen LogP contribution is -3.15. The standard InChI is InChI=1S/C29H32N2O2/c1-21-17-22(2)28-26(18-21)27(23-9-5-3-6-10-23)29(24-11-7-4-8-12-24)31(28)20-25(32)19-30-13-15-33-16-14-30/h3-12,17-18,25,32H,13-16,19-20H2,1-2H3/p+1/t25-/m1/s1. The number of quaternary nitrogens is 1. The van der Waals surface area contributed by atoms with E-state index < -0.39 is 6.10 Å². The van der Waals surface area contributed by atoms with Crippen molar-refractivity contribution >= 4 is 10.9 Å². The lowest BCUT2D eigenvalue weighted by atomic mass is 9.97. The quantitative estimate of drug-likeness (QED) is 0.477. The van der Waals surface area contributed by atoms with E-state index in [1.54, 1.807) is 0 Å². The number of morpholine rings is 1. The maximum atomic E-state index is 11.2. The topological polar surface area (TPSA) is 38.8 Å². The second-order valence-corrected chi connectivity index (χ2v) is 9.26. The van der Waals surface area contributed by atoms with E-state index in [1.165, 1.54) is 49.3 Å². The van der Waals surface area contributed by atoms with Crippen LogP contribution in [0.15, 0.2) is 72.8 Å². The van der Waals surface area contributed by atoms with Crippen LogP contribution < -0.4 is 4.90 Å².